The van der Waals surface area contributed by atoms with E-state index in [1.165, 1.54) is 0 Å². The number of alkyl halides is 3. The molecule has 1 rings (SSSR count). The first-order valence-electron chi connectivity index (χ1n) is 7.23. The third-order valence-electron chi connectivity index (χ3n) is 2.79. The first-order valence-corrected chi connectivity index (χ1v) is 8.02. The summed E-state index contributed by atoms with van der Waals surface area (Å²) in [6.07, 6.45) is -4.02. The highest BCUT2D eigenvalue weighted by Crippen LogP contribution is 2.14. The Morgan fingerprint density at radius 2 is 1.88 bits per heavy atom. The largest absolute Gasteiger partial charge is 0.411 e. The van der Waals surface area contributed by atoms with E-state index in [0.717, 1.165) is 4.47 Å². The summed E-state index contributed by atoms with van der Waals surface area (Å²) in [5.74, 6) is -0.612. The lowest BCUT2D eigenvalue weighted by molar-refractivity contribution is -0.174. The maximum absolute atomic E-state index is 11.8. The molecule has 0 unspecified atom stereocenters. The Morgan fingerprint density at radius 1 is 1.17 bits per heavy atom. The highest BCUT2D eigenvalue weighted by atomic mass is 79.9. The first-order chi connectivity index (χ1) is 11.3. The van der Waals surface area contributed by atoms with Crippen LogP contribution in [0, 0.1) is 0 Å². The van der Waals surface area contributed by atoms with E-state index in [-0.39, 0.29) is 18.9 Å². The molecule has 0 radical (unpaired) electrons. The van der Waals surface area contributed by atoms with Gasteiger partial charge >= 0.3 is 6.18 Å². The van der Waals surface area contributed by atoms with E-state index in [1.807, 2.05) is 6.07 Å². The zero-order valence-electron chi connectivity index (χ0n) is 12.8. The summed E-state index contributed by atoms with van der Waals surface area (Å²) in [4.78, 5) is 23.2. The molecular weight excluding hydrogens is 393 g/mol. The number of nitrogens with one attached hydrogen (secondary N) is 2. The number of carbonyl (C=O) groups excluding carboxylic acids is 2. The van der Waals surface area contributed by atoms with Crippen LogP contribution in [0.4, 0.5) is 13.2 Å². The van der Waals surface area contributed by atoms with E-state index in [4.69, 9.17) is 0 Å². The Morgan fingerprint density at radius 3 is 2.54 bits per heavy atom. The number of rotatable bonds is 9. The Labute approximate surface area is 146 Å². The molecule has 0 fully saturated rings. The topological polar surface area (TPSA) is 67.4 Å². The summed E-state index contributed by atoms with van der Waals surface area (Å²) < 4.78 is 40.6. The molecule has 24 heavy (non-hydrogen) atoms. The summed E-state index contributed by atoms with van der Waals surface area (Å²) in [5, 5.41) is 5.25. The molecule has 2 N–H and O–H groups in total. The van der Waals surface area contributed by atoms with Gasteiger partial charge in [-0.3, -0.25) is 9.59 Å². The van der Waals surface area contributed by atoms with E-state index in [1.54, 1.807) is 18.2 Å². The summed E-state index contributed by atoms with van der Waals surface area (Å²) in [7, 11) is 0. The monoisotopic (exact) mass is 410 g/mol. The molecule has 2 amide bonds. The van der Waals surface area contributed by atoms with Gasteiger partial charge in [0, 0.05) is 29.5 Å². The van der Waals surface area contributed by atoms with Crippen molar-refractivity contribution in [1.29, 1.82) is 0 Å². The molecule has 0 aliphatic heterocycles. The van der Waals surface area contributed by atoms with Gasteiger partial charge in [0.15, 0.2) is 0 Å². The minimum absolute atomic E-state index is 0.138. The van der Waals surface area contributed by atoms with Gasteiger partial charge in [0.05, 0.1) is 6.61 Å². The van der Waals surface area contributed by atoms with Crippen LogP contribution in [0.2, 0.25) is 0 Å². The number of benzene rings is 1. The van der Waals surface area contributed by atoms with Crippen LogP contribution in [-0.4, -0.2) is 44.3 Å². The number of carbonyl (C=O) groups is 2. The van der Waals surface area contributed by atoms with Crippen LogP contribution in [0.5, 0.6) is 0 Å². The van der Waals surface area contributed by atoms with E-state index in [0.29, 0.717) is 25.1 Å². The first kappa shape index (κ1) is 20.4. The van der Waals surface area contributed by atoms with Crippen molar-refractivity contribution in [3.05, 3.63) is 34.3 Å². The SMILES string of the molecule is O=C(CCOCC(F)(F)F)NCCCNC(=O)c1cccc(Br)c1. The number of hydrogen-bond donors (Lipinski definition) is 2. The van der Waals surface area contributed by atoms with Crippen molar-refractivity contribution in [3.8, 4) is 0 Å². The summed E-state index contributed by atoms with van der Waals surface area (Å²) in [5.41, 5.74) is 0.523. The van der Waals surface area contributed by atoms with Crippen LogP contribution in [0.25, 0.3) is 0 Å². The van der Waals surface area contributed by atoms with Gasteiger partial charge in [-0.1, -0.05) is 22.0 Å². The number of amides is 2. The Bertz CT molecular complexity index is 553. The molecule has 0 bridgehead atoms. The van der Waals surface area contributed by atoms with Crippen LogP contribution < -0.4 is 10.6 Å². The Kier molecular flexibility index (Phi) is 8.77. The number of hydrogen-bond acceptors (Lipinski definition) is 3. The van der Waals surface area contributed by atoms with Gasteiger partial charge in [0.2, 0.25) is 5.91 Å². The predicted octanol–water partition coefficient (Wildman–Crippen LogP) is 2.65. The van der Waals surface area contributed by atoms with Crippen molar-refractivity contribution in [2.75, 3.05) is 26.3 Å². The second-order valence-corrected chi connectivity index (χ2v) is 5.80. The van der Waals surface area contributed by atoms with Crippen molar-refractivity contribution in [2.45, 2.75) is 19.0 Å². The van der Waals surface area contributed by atoms with Crippen molar-refractivity contribution in [2.24, 2.45) is 0 Å². The maximum atomic E-state index is 11.8. The number of halogens is 4. The minimum Gasteiger partial charge on any atom is -0.372 e. The Balaban J connectivity index is 2.07. The molecule has 1 aromatic carbocycles. The average Bonchev–Trinajstić information content (AvgIpc) is 2.50. The van der Waals surface area contributed by atoms with E-state index in [2.05, 4.69) is 31.3 Å². The lowest BCUT2D eigenvalue weighted by atomic mass is 10.2. The lowest BCUT2D eigenvalue weighted by Gasteiger charge is -2.09. The molecule has 0 heterocycles. The summed E-state index contributed by atoms with van der Waals surface area (Å²) in [6, 6.07) is 6.94. The third-order valence-corrected chi connectivity index (χ3v) is 3.28. The van der Waals surface area contributed by atoms with E-state index >= 15 is 0 Å². The van der Waals surface area contributed by atoms with Crippen LogP contribution in [0.1, 0.15) is 23.2 Å². The molecule has 0 saturated carbocycles. The van der Waals surface area contributed by atoms with Crippen molar-refractivity contribution in [1.82, 2.24) is 10.6 Å². The van der Waals surface area contributed by atoms with Gasteiger partial charge < -0.3 is 15.4 Å². The molecule has 0 aromatic heterocycles. The lowest BCUT2D eigenvalue weighted by Crippen LogP contribution is -2.30. The maximum Gasteiger partial charge on any atom is 0.411 e. The smallest absolute Gasteiger partial charge is 0.372 e. The van der Waals surface area contributed by atoms with Crippen LogP contribution in [-0.2, 0) is 9.53 Å². The quantitative estimate of drug-likeness (QED) is 0.615. The zero-order valence-corrected chi connectivity index (χ0v) is 14.4. The second-order valence-electron chi connectivity index (χ2n) is 4.89. The molecule has 134 valence electrons. The van der Waals surface area contributed by atoms with E-state index < -0.39 is 18.7 Å². The molecular formula is C15H18BrF3N2O3. The highest BCUT2D eigenvalue weighted by Gasteiger charge is 2.27. The van der Waals surface area contributed by atoms with Crippen molar-refractivity contribution < 1.29 is 27.5 Å². The summed E-state index contributed by atoms with van der Waals surface area (Å²) >= 11 is 3.28. The third kappa shape index (κ3) is 9.51. The van der Waals surface area contributed by atoms with Gasteiger partial charge in [-0.15, -0.1) is 0 Å². The van der Waals surface area contributed by atoms with Crippen LogP contribution >= 0.6 is 15.9 Å². The average molecular weight is 411 g/mol. The molecule has 0 atom stereocenters. The van der Waals surface area contributed by atoms with Gasteiger partial charge in [0.1, 0.15) is 6.61 Å². The Hall–Kier alpha value is -1.61. The molecule has 0 spiro atoms. The van der Waals surface area contributed by atoms with Crippen LogP contribution in [0.3, 0.4) is 0 Å². The fourth-order valence-electron chi connectivity index (χ4n) is 1.69. The molecule has 0 aliphatic rings. The van der Waals surface area contributed by atoms with E-state index in [9.17, 15) is 22.8 Å². The molecule has 0 saturated heterocycles. The van der Waals surface area contributed by atoms with Gasteiger partial charge in [-0.2, -0.15) is 13.2 Å². The van der Waals surface area contributed by atoms with Gasteiger partial charge in [-0.05, 0) is 24.6 Å². The summed E-state index contributed by atoms with van der Waals surface area (Å²) in [6.45, 7) is -0.958. The predicted molar refractivity (Wildman–Crippen MR) is 85.6 cm³/mol. The van der Waals surface area contributed by atoms with Crippen LogP contribution in [0.15, 0.2) is 28.7 Å². The van der Waals surface area contributed by atoms with Crippen molar-refractivity contribution in [3.63, 3.8) is 0 Å². The normalized spacial score (nSPS) is 11.2. The highest BCUT2D eigenvalue weighted by molar-refractivity contribution is 9.10. The zero-order chi connectivity index (χ0) is 18.0. The standard InChI is InChI=1S/C15H18BrF3N2O3/c16-12-4-1-3-11(9-12)14(23)21-7-2-6-20-13(22)5-8-24-10-15(17,18)19/h1,3-4,9H,2,5-8,10H2,(H,20,22)(H,21,23). The number of ether oxygens (including phenoxy) is 1. The van der Waals surface area contributed by atoms with Crippen molar-refractivity contribution >= 4 is 27.7 Å². The molecule has 0 aliphatic carbocycles. The van der Waals surface area contributed by atoms with Gasteiger partial charge in [0.25, 0.3) is 5.91 Å². The molecule has 1 aromatic rings. The second kappa shape index (κ2) is 10.3. The molecule has 9 heteroatoms. The fraction of sp³-hybridized carbons (Fsp3) is 0.467. The molecule has 5 nitrogen and oxygen atoms in total. The minimum atomic E-state index is -4.39. The fourth-order valence-corrected chi connectivity index (χ4v) is 2.09. The van der Waals surface area contributed by atoms with Gasteiger partial charge in [-0.25, -0.2) is 0 Å².